The molecule has 0 N–H and O–H groups in total. The molecule has 0 spiro atoms. The number of benzene rings is 1. The molecule has 12 heavy (non-hydrogen) atoms. The summed E-state index contributed by atoms with van der Waals surface area (Å²) in [6.07, 6.45) is 1.38. The fourth-order valence-corrected chi connectivity index (χ4v) is 1.03. The Morgan fingerprint density at radius 3 is 2.42 bits per heavy atom. The zero-order valence-corrected chi connectivity index (χ0v) is 7.16. The zero-order chi connectivity index (χ0) is 8.97. The van der Waals surface area contributed by atoms with Crippen LogP contribution < -0.4 is 4.90 Å². The Hall–Kier alpha value is -1.28. The molecule has 0 heterocycles. The maximum Gasteiger partial charge on any atom is 0.324 e. The number of amides is 1. The Morgan fingerprint density at radius 1 is 1.42 bits per heavy atom. The second kappa shape index (κ2) is 3.93. The van der Waals surface area contributed by atoms with Crippen LogP contribution in [0.15, 0.2) is 43.1 Å². The Labute approximate surface area is 76.1 Å². The summed E-state index contributed by atoms with van der Waals surface area (Å²) in [6.45, 7) is 3.48. The van der Waals surface area contributed by atoms with Gasteiger partial charge < -0.3 is 0 Å². The molecule has 0 radical (unpaired) electrons. The maximum absolute atomic E-state index is 10.8. The highest BCUT2D eigenvalue weighted by Gasteiger charge is 2.07. The third-order valence-corrected chi connectivity index (χ3v) is 1.59. The number of hydrogen-bond donors (Lipinski definition) is 0. The molecular formula is C9H8ClNO. The number of anilines is 1. The first kappa shape index (κ1) is 8.81. The van der Waals surface area contributed by atoms with E-state index in [2.05, 4.69) is 6.58 Å². The lowest BCUT2D eigenvalue weighted by molar-refractivity contribution is 0.266. The van der Waals surface area contributed by atoms with Crippen molar-refractivity contribution in [3.8, 4) is 0 Å². The van der Waals surface area contributed by atoms with Gasteiger partial charge in [-0.2, -0.15) is 0 Å². The zero-order valence-electron chi connectivity index (χ0n) is 6.40. The third-order valence-electron chi connectivity index (χ3n) is 1.41. The van der Waals surface area contributed by atoms with Crippen molar-refractivity contribution < 1.29 is 4.79 Å². The van der Waals surface area contributed by atoms with Crippen LogP contribution in [0, 0.1) is 0 Å². The van der Waals surface area contributed by atoms with Gasteiger partial charge in [0.05, 0.1) is 0 Å². The molecule has 2 nitrogen and oxygen atoms in total. The van der Waals surface area contributed by atoms with Crippen molar-refractivity contribution in [2.45, 2.75) is 0 Å². The van der Waals surface area contributed by atoms with Crippen LogP contribution in [0.25, 0.3) is 0 Å². The molecule has 0 bridgehead atoms. The molecule has 1 rings (SSSR count). The first-order valence-corrected chi connectivity index (χ1v) is 3.80. The Balaban J connectivity index is 2.95. The summed E-state index contributed by atoms with van der Waals surface area (Å²) < 4.78 is 0. The molecule has 0 fully saturated rings. The number of carbonyl (C=O) groups excluding carboxylic acids is 1. The van der Waals surface area contributed by atoms with Gasteiger partial charge >= 0.3 is 5.37 Å². The lowest BCUT2D eigenvalue weighted by Crippen LogP contribution is -2.17. The van der Waals surface area contributed by atoms with Crippen molar-refractivity contribution in [1.29, 1.82) is 0 Å². The van der Waals surface area contributed by atoms with Crippen molar-refractivity contribution in [3.05, 3.63) is 43.1 Å². The van der Waals surface area contributed by atoms with Crippen LogP contribution in [0.2, 0.25) is 0 Å². The fraction of sp³-hybridized carbons (Fsp3) is 0. The molecule has 1 aromatic carbocycles. The molecule has 0 aliphatic carbocycles. The van der Waals surface area contributed by atoms with E-state index in [0.29, 0.717) is 5.69 Å². The smallest absolute Gasteiger partial charge is 0.275 e. The van der Waals surface area contributed by atoms with Gasteiger partial charge in [-0.3, -0.25) is 9.69 Å². The Bertz CT molecular complexity index is 284. The molecule has 0 atom stereocenters. The van der Waals surface area contributed by atoms with E-state index in [1.807, 2.05) is 18.2 Å². The first-order valence-electron chi connectivity index (χ1n) is 3.42. The summed E-state index contributed by atoms with van der Waals surface area (Å²) in [4.78, 5) is 12.1. The number of para-hydroxylation sites is 1. The molecule has 1 amide bonds. The molecule has 3 heteroatoms. The lowest BCUT2D eigenvalue weighted by atomic mass is 10.3. The highest BCUT2D eigenvalue weighted by Crippen LogP contribution is 2.14. The SMILES string of the molecule is C=CN(C(=O)Cl)c1ccccc1. The van der Waals surface area contributed by atoms with Gasteiger partial charge in [0.2, 0.25) is 0 Å². The van der Waals surface area contributed by atoms with E-state index in [-0.39, 0.29) is 0 Å². The summed E-state index contributed by atoms with van der Waals surface area (Å²) in [5.74, 6) is 0. The Morgan fingerprint density at radius 2 is 2.00 bits per heavy atom. The van der Waals surface area contributed by atoms with Gasteiger partial charge in [0.15, 0.2) is 0 Å². The van der Waals surface area contributed by atoms with Crippen LogP contribution in [0.5, 0.6) is 0 Å². The highest BCUT2D eigenvalue weighted by atomic mass is 35.5. The molecule has 1 aromatic rings. The monoisotopic (exact) mass is 181 g/mol. The Kier molecular flexibility index (Phi) is 2.88. The van der Waals surface area contributed by atoms with Crippen LogP contribution in [-0.2, 0) is 0 Å². The van der Waals surface area contributed by atoms with Gasteiger partial charge in [-0.05, 0) is 23.7 Å². The van der Waals surface area contributed by atoms with E-state index in [0.717, 1.165) is 0 Å². The first-order chi connectivity index (χ1) is 5.75. The van der Waals surface area contributed by atoms with Crippen molar-refractivity contribution in [3.63, 3.8) is 0 Å². The fourth-order valence-electron chi connectivity index (χ4n) is 0.867. The summed E-state index contributed by atoms with van der Waals surface area (Å²) in [5, 5.41) is -0.559. The molecular weight excluding hydrogens is 174 g/mol. The van der Waals surface area contributed by atoms with E-state index >= 15 is 0 Å². The van der Waals surface area contributed by atoms with E-state index in [1.165, 1.54) is 11.1 Å². The maximum atomic E-state index is 10.8. The van der Waals surface area contributed by atoms with Crippen LogP contribution in [0.1, 0.15) is 0 Å². The molecule has 0 saturated heterocycles. The van der Waals surface area contributed by atoms with E-state index < -0.39 is 5.37 Å². The summed E-state index contributed by atoms with van der Waals surface area (Å²) in [5.41, 5.74) is 0.715. The standard InChI is InChI=1S/C9H8ClNO/c1-2-11(9(10)12)8-6-4-3-5-7-8/h2-7H,1H2. The van der Waals surface area contributed by atoms with Gasteiger partial charge in [-0.25, -0.2) is 0 Å². The minimum absolute atomic E-state index is 0.559. The van der Waals surface area contributed by atoms with Gasteiger partial charge in [-0.15, -0.1) is 0 Å². The van der Waals surface area contributed by atoms with Crippen LogP contribution in [0.3, 0.4) is 0 Å². The van der Waals surface area contributed by atoms with Gasteiger partial charge in [0, 0.05) is 11.9 Å². The summed E-state index contributed by atoms with van der Waals surface area (Å²) in [7, 11) is 0. The molecule has 62 valence electrons. The summed E-state index contributed by atoms with van der Waals surface area (Å²) >= 11 is 5.29. The van der Waals surface area contributed by atoms with Gasteiger partial charge in [0.25, 0.3) is 0 Å². The van der Waals surface area contributed by atoms with Crippen LogP contribution in [0.4, 0.5) is 10.5 Å². The summed E-state index contributed by atoms with van der Waals surface area (Å²) in [6, 6.07) is 9.07. The minimum Gasteiger partial charge on any atom is -0.275 e. The minimum atomic E-state index is -0.559. The quantitative estimate of drug-likeness (QED) is 0.508. The van der Waals surface area contributed by atoms with Crippen molar-refractivity contribution in [2.75, 3.05) is 4.90 Å². The van der Waals surface area contributed by atoms with Crippen molar-refractivity contribution >= 4 is 22.7 Å². The van der Waals surface area contributed by atoms with Crippen LogP contribution in [-0.4, -0.2) is 5.37 Å². The van der Waals surface area contributed by atoms with E-state index in [4.69, 9.17) is 11.6 Å². The number of rotatable bonds is 2. The average molecular weight is 182 g/mol. The number of carbonyl (C=O) groups is 1. The molecule has 0 aliphatic heterocycles. The van der Waals surface area contributed by atoms with Crippen molar-refractivity contribution in [2.24, 2.45) is 0 Å². The third kappa shape index (κ3) is 1.86. The second-order valence-corrected chi connectivity index (χ2v) is 2.46. The van der Waals surface area contributed by atoms with Gasteiger partial charge in [-0.1, -0.05) is 24.8 Å². The number of nitrogens with zero attached hydrogens (tertiary/aromatic N) is 1. The number of halogens is 1. The highest BCUT2D eigenvalue weighted by molar-refractivity contribution is 6.66. The second-order valence-electron chi connectivity index (χ2n) is 2.14. The van der Waals surface area contributed by atoms with E-state index in [9.17, 15) is 4.79 Å². The van der Waals surface area contributed by atoms with Gasteiger partial charge in [0.1, 0.15) is 0 Å². The predicted molar refractivity (Wildman–Crippen MR) is 50.4 cm³/mol. The van der Waals surface area contributed by atoms with E-state index in [1.54, 1.807) is 12.1 Å². The van der Waals surface area contributed by atoms with Crippen LogP contribution >= 0.6 is 11.6 Å². The lowest BCUT2D eigenvalue weighted by Gasteiger charge is -2.13. The largest absolute Gasteiger partial charge is 0.324 e. The normalized spacial score (nSPS) is 9.08. The topological polar surface area (TPSA) is 20.3 Å². The molecule has 0 unspecified atom stereocenters. The molecule has 0 aromatic heterocycles. The predicted octanol–water partition coefficient (Wildman–Crippen LogP) is 3.00. The molecule has 0 saturated carbocycles. The van der Waals surface area contributed by atoms with Crippen molar-refractivity contribution in [1.82, 2.24) is 0 Å². The molecule has 0 aliphatic rings. The average Bonchev–Trinajstić information content (AvgIpc) is 2.07. The number of hydrogen-bond acceptors (Lipinski definition) is 1.